The smallest absolute Gasteiger partial charge is 0.280 e. The Morgan fingerprint density at radius 3 is 2.54 bits per heavy atom. The summed E-state index contributed by atoms with van der Waals surface area (Å²) in [7, 11) is 1.53. The van der Waals surface area contributed by atoms with Gasteiger partial charge in [-0.1, -0.05) is 12.1 Å². The van der Waals surface area contributed by atoms with Crippen molar-refractivity contribution in [1.29, 1.82) is 0 Å². The Balaban J connectivity index is 2.28. The summed E-state index contributed by atoms with van der Waals surface area (Å²) >= 11 is 0. The van der Waals surface area contributed by atoms with E-state index >= 15 is 0 Å². The molecule has 0 atom stereocenters. The first-order valence-corrected chi connectivity index (χ1v) is 7.36. The van der Waals surface area contributed by atoms with E-state index in [0.717, 1.165) is 11.4 Å². The predicted octanol–water partition coefficient (Wildman–Crippen LogP) is 1.42. The molecule has 24 heavy (non-hydrogen) atoms. The quantitative estimate of drug-likeness (QED) is 0.574. The molecule has 0 spiro atoms. The number of aromatic nitrogens is 5. The van der Waals surface area contributed by atoms with Crippen molar-refractivity contribution >= 4 is 16.9 Å². The fourth-order valence-corrected chi connectivity index (χ4v) is 3.03. The SMILES string of the molecule is Cc1c(C)n2c3c(=O)[nH]c(=O)n(C)c3nc2n1-c1ccccc1F. The van der Waals surface area contributed by atoms with Crippen LogP contribution in [0.4, 0.5) is 4.39 Å². The third kappa shape index (κ3) is 1.67. The molecule has 0 aliphatic carbocycles. The molecule has 1 N–H and O–H groups in total. The van der Waals surface area contributed by atoms with Gasteiger partial charge in [-0.3, -0.25) is 23.3 Å². The molecular weight excluding hydrogens is 313 g/mol. The van der Waals surface area contributed by atoms with Gasteiger partial charge in [-0.05, 0) is 26.0 Å². The van der Waals surface area contributed by atoms with Crippen LogP contribution < -0.4 is 11.2 Å². The molecular formula is C16H14FN5O2. The van der Waals surface area contributed by atoms with E-state index in [4.69, 9.17) is 0 Å². The number of nitrogens with one attached hydrogen (secondary N) is 1. The van der Waals surface area contributed by atoms with Gasteiger partial charge in [0.15, 0.2) is 11.2 Å². The number of aromatic amines is 1. The topological polar surface area (TPSA) is 77.1 Å². The first-order valence-electron chi connectivity index (χ1n) is 7.36. The average molecular weight is 327 g/mol. The summed E-state index contributed by atoms with van der Waals surface area (Å²) in [5.74, 6) is -0.00949. The van der Waals surface area contributed by atoms with Gasteiger partial charge in [0, 0.05) is 18.4 Å². The van der Waals surface area contributed by atoms with Gasteiger partial charge in [0.05, 0.1) is 5.69 Å². The van der Waals surface area contributed by atoms with E-state index in [1.54, 1.807) is 27.2 Å². The Morgan fingerprint density at radius 2 is 1.83 bits per heavy atom. The Bertz CT molecular complexity index is 1240. The molecule has 122 valence electrons. The van der Waals surface area contributed by atoms with Gasteiger partial charge in [0.25, 0.3) is 5.56 Å². The Labute approximate surface area is 134 Å². The maximum absolute atomic E-state index is 14.3. The normalized spacial score (nSPS) is 11.7. The fourth-order valence-electron chi connectivity index (χ4n) is 3.03. The number of benzene rings is 1. The fraction of sp³-hybridized carbons (Fsp3) is 0.188. The molecule has 8 heteroatoms. The zero-order valence-electron chi connectivity index (χ0n) is 13.3. The second-order valence-electron chi connectivity index (χ2n) is 5.70. The highest BCUT2D eigenvalue weighted by atomic mass is 19.1. The van der Waals surface area contributed by atoms with Gasteiger partial charge < -0.3 is 0 Å². The first-order chi connectivity index (χ1) is 11.4. The summed E-state index contributed by atoms with van der Waals surface area (Å²) in [6.45, 7) is 3.66. The van der Waals surface area contributed by atoms with Crippen molar-refractivity contribution in [2.75, 3.05) is 0 Å². The number of imidazole rings is 2. The van der Waals surface area contributed by atoms with Gasteiger partial charge >= 0.3 is 5.69 Å². The minimum absolute atomic E-state index is 0.256. The molecule has 4 rings (SSSR count). The summed E-state index contributed by atoms with van der Waals surface area (Å²) in [5, 5.41) is 0. The number of aryl methyl sites for hydroxylation is 2. The van der Waals surface area contributed by atoms with Crippen molar-refractivity contribution < 1.29 is 4.39 Å². The second kappa shape index (κ2) is 4.67. The summed E-state index contributed by atoms with van der Waals surface area (Å²) in [5.41, 5.74) is 1.31. The molecule has 0 aliphatic rings. The number of nitrogens with zero attached hydrogens (tertiary/aromatic N) is 4. The van der Waals surface area contributed by atoms with Crippen molar-refractivity contribution in [3.8, 4) is 5.69 Å². The van der Waals surface area contributed by atoms with Crippen molar-refractivity contribution in [2.45, 2.75) is 13.8 Å². The van der Waals surface area contributed by atoms with Gasteiger partial charge in [0.1, 0.15) is 5.82 Å². The number of para-hydroxylation sites is 1. The van der Waals surface area contributed by atoms with Gasteiger partial charge in [-0.25, -0.2) is 9.18 Å². The lowest BCUT2D eigenvalue weighted by Crippen LogP contribution is -2.28. The molecule has 0 unspecified atom stereocenters. The zero-order valence-corrected chi connectivity index (χ0v) is 13.3. The van der Waals surface area contributed by atoms with Gasteiger partial charge in [-0.2, -0.15) is 4.98 Å². The van der Waals surface area contributed by atoms with Crippen molar-refractivity contribution in [2.24, 2.45) is 7.05 Å². The highest BCUT2D eigenvalue weighted by molar-refractivity contribution is 5.77. The maximum Gasteiger partial charge on any atom is 0.329 e. The lowest BCUT2D eigenvalue weighted by molar-refractivity contribution is 0.618. The molecule has 0 fully saturated rings. The van der Waals surface area contributed by atoms with Crippen molar-refractivity contribution in [3.63, 3.8) is 0 Å². The standard InChI is InChI=1S/C16H14FN5O2/c1-8-9(2)22-12-13(20(3)16(24)19-14(12)23)18-15(22)21(8)11-7-5-4-6-10(11)17/h4-7H,1-3H3,(H,19,23,24). The number of fused-ring (bicyclic) bond motifs is 3. The van der Waals surface area contributed by atoms with Crippen LogP contribution in [-0.4, -0.2) is 23.5 Å². The Morgan fingerprint density at radius 1 is 1.12 bits per heavy atom. The monoisotopic (exact) mass is 327 g/mol. The molecule has 0 aliphatic heterocycles. The number of H-pyrrole nitrogens is 1. The Hall–Kier alpha value is -3.16. The predicted molar refractivity (Wildman–Crippen MR) is 87.3 cm³/mol. The summed E-state index contributed by atoms with van der Waals surface area (Å²) in [4.78, 5) is 30.8. The summed E-state index contributed by atoms with van der Waals surface area (Å²) in [6.07, 6.45) is 0. The summed E-state index contributed by atoms with van der Waals surface area (Å²) in [6, 6.07) is 6.35. The maximum atomic E-state index is 14.3. The van der Waals surface area contributed by atoms with Crippen LogP contribution in [0.2, 0.25) is 0 Å². The molecule has 0 radical (unpaired) electrons. The zero-order chi connectivity index (χ0) is 17.2. The molecule has 7 nitrogen and oxygen atoms in total. The van der Waals surface area contributed by atoms with Crippen LogP contribution in [0.3, 0.4) is 0 Å². The molecule has 0 saturated carbocycles. The molecule has 4 aromatic rings. The van der Waals surface area contributed by atoms with Crippen LogP contribution in [-0.2, 0) is 7.05 Å². The molecule has 1 aromatic carbocycles. The number of hydrogen-bond acceptors (Lipinski definition) is 3. The second-order valence-corrected chi connectivity index (χ2v) is 5.70. The van der Waals surface area contributed by atoms with E-state index in [1.807, 2.05) is 13.8 Å². The minimum atomic E-state index is -0.542. The van der Waals surface area contributed by atoms with Crippen molar-refractivity contribution in [3.05, 3.63) is 62.3 Å². The van der Waals surface area contributed by atoms with E-state index in [9.17, 15) is 14.0 Å². The number of rotatable bonds is 1. The lowest BCUT2D eigenvalue weighted by Gasteiger charge is -2.07. The van der Waals surface area contributed by atoms with E-state index in [1.165, 1.54) is 17.7 Å². The minimum Gasteiger partial charge on any atom is -0.280 e. The first kappa shape index (κ1) is 14.4. The molecule has 0 amide bonds. The van der Waals surface area contributed by atoms with Gasteiger partial charge in [0.2, 0.25) is 5.78 Å². The largest absolute Gasteiger partial charge is 0.329 e. The molecule has 0 bridgehead atoms. The van der Waals surface area contributed by atoms with Gasteiger partial charge in [-0.15, -0.1) is 0 Å². The summed E-state index contributed by atoms with van der Waals surface area (Å²) < 4.78 is 18.9. The third-order valence-electron chi connectivity index (χ3n) is 4.39. The molecule has 3 heterocycles. The van der Waals surface area contributed by atoms with E-state index in [0.29, 0.717) is 11.5 Å². The van der Waals surface area contributed by atoms with Crippen LogP contribution in [0.25, 0.3) is 22.6 Å². The number of hydrogen-bond donors (Lipinski definition) is 1. The number of halogens is 1. The van der Waals surface area contributed by atoms with E-state index in [2.05, 4.69) is 9.97 Å². The van der Waals surface area contributed by atoms with Crippen LogP contribution in [0.5, 0.6) is 0 Å². The van der Waals surface area contributed by atoms with Crippen LogP contribution in [0, 0.1) is 19.7 Å². The highest BCUT2D eigenvalue weighted by Crippen LogP contribution is 2.25. The average Bonchev–Trinajstić information content (AvgIpc) is 3.04. The van der Waals surface area contributed by atoms with E-state index < -0.39 is 17.1 Å². The van der Waals surface area contributed by atoms with Crippen LogP contribution >= 0.6 is 0 Å². The van der Waals surface area contributed by atoms with Crippen LogP contribution in [0.15, 0.2) is 33.9 Å². The molecule has 0 saturated heterocycles. The third-order valence-corrected chi connectivity index (χ3v) is 4.39. The Kier molecular flexibility index (Phi) is 2.81. The molecule has 3 aromatic heterocycles. The highest BCUT2D eigenvalue weighted by Gasteiger charge is 2.22. The van der Waals surface area contributed by atoms with Crippen LogP contribution in [0.1, 0.15) is 11.4 Å². The van der Waals surface area contributed by atoms with E-state index in [-0.39, 0.29) is 11.2 Å². The van der Waals surface area contributed by atoms with Crippen molar-refractivity contribution in [1.82, 2.24) is 23.5 Å². The lowest BCUT2D eigenvalue weighted by atomic mass is 10.3.